The van der Waals surface area contributed by atoms with Crippen LogP contribution in [0.1, 0.15) is 11.5 Å². The number of nitriles is 1. The molecule has 9 aromatic rings. The second-order valence-electron chi connectivity index (χ2n) is 12.3. The van der Waals surface area contributed by atoms with E-state index in [-0.39, 0.29) is 5.92 Å². The topological polar surface area (TPSA) is 46.8 Å². The number of hydrogen-bond donors (Lipinski definition) is 0. The molecule has 0 bridgehead atoms. The Labute approximate surface area is 270 Å². The van der Waals surface area contributed by atoms with E-state index in [2.05, 4.69) is 155 Å². The Morgan fingerprint density at radius 2 is 1.15 bits per heavy atom. The molecule has 0 spiro atoms. The Morgan fingerprint density at radius 3 is 1.87 bits per heavy atom. The van der Waals surface area contributed by atoms with E-state index in [1.165, 1.54) is 10.8 Å². The lowest BCUT2D eigenvalue weighted by molar-refractivity contribution is 0.669. The van der Waals surface area contributed by atoms with E-state index >= 15 is 0 Å². The smallest absolute Gasteiger partial charge is 0.137 e. The van der Waals surface area contributed by atoms with E-state index in [0.717, 1.165) is 71.7 Å². The Kier molecular flexibility index (Phi) is 5.44. The first-order valence-electron chi connectivity index (χ1n) is 16.0. The maximum atomic E-state index is 11.1. The zero-order chi connectivity index (χ0) is 31.1. The predicted octanol–water partition coefficient (Wildman–Crippen LogP) is 11.1. The first-order chi connectivity index (χ1) is 23.3. The zero-order valence-corrected chi connectivity index (χ0v) is 25.3. The molecule has 2 unspecified atom stereocenters. The standard InChI is InChI=1S/C43H27N3O/c44-26-34-27(28-12-1-6-18-35(28)45-36-19-7-2-13-29(36)30-14-3-8-20-37(30)45)17-11-22-39(34)46-38-21-9-4-15-31(38)32-24-25-41-42(43(32)46)33-16-5-10-23-40(33)47-41/h1-25,27,34H. The average molecular weight is 602 g/mol. The third kappa shape index (κ3) is 3.57. The molecule has 4 heteroatoms. The van der Waals surface area contributed by atoms with E-state index in [0.29, 0.717) is 0 Å². The monoisotopic (exact) mass is 601 g/mol. The summed E-state index contributed by atoms with van der Waals surface area (Å²) in [5, 5.41) is 18.0. The molecule has 4 nitrogen and oxygen atoms in total. The summed E-state index contributed by atoms with van der Waals surface area (Å²) in [7, 11) is 0. The van der Waals surface area contributed by atoms with Gasteiger partial charge < -0.3 is 13.6 Å². The molecule has 47 heavy (non-hydrogen) atoms. The molecule has 6 aromatic carbocycles. The quantitative estimate of drug-likeness (QED) is 0.202. The van der Waals surface area contributed by atoms with Crippen LogP contribution in [-0.4, -0.2) is 9.13 Å². The number of furan rings is 1. The van der Waals surface area contributed by atoms with Crippen LogP contribution in [0.15, 0.2) is 156 Å². The highest BCUT2D eigenvalue weighted by atomic mass is 16.3. The first-order valence-corrected chi connectivity index (χ1v) is 16.0. The Bertz CT molecular complexity index is 2780. The van der Waals surface area contributed by atoms with Crippen molar-refractivity contribution in [1.29, 1.82) is 5.26 Å². The van der Waals surface area contributed by atoms with Gasteiger partial charge in [0.2, 0.25) is 0 Å². The van der Waals surface area contributed by atoms with Gasteiger partial charge in [0.05, 0.1) is 45.1 Å². The number of para-hydroxylation sites is 5. The van der Waals surface area contributed by atoms with Gasteiger partial charge in [0.25, 0.3) is 0 Å². The summed E-state index contributed by atoms with van der Waals surface area (Å²) in [6.45, 7) is 0. The minimum absolute atomic E-state index is 0.173. The highest BCUT2D eigenvalue weighted by Crippen LogP contribution is 2.46. The van der Waals surface area contributed by atoms with Crippen LogP contribution in [0, 0.1) is 17.2 Å². The van der Waals surface area contributed by atoms with Crippen molar-refractivity contribution in [1.82, 2.24) is 9.13 Å². The van der Waals surface area contributed by atoms with Crippen LogP contribution in [0.5, 0.6) is 0 Å². The first kappa shape index (κ1) is 26.0. The lowest BCUT2D eigenvalue weighted by Crippen LogP contribution is -2.19. The molecule has 1 aliphatic carbocycles. The Balaban J connectivity index is 1.23. The summed E-state index contributed by atoms with van der Waals surface area (Å²) >= 11 is 0. The van der Waals surface area contributed by atoms with Crippen molar-refractivity contribution in [2.24, 2.45) is 5.92 Å². The molecule has 3 aromatic heterocycles. The van der Waals surface area contributed by atoms with Crippen molar-refractivity contribution in [2.45, 2.75) is 5.92 Å². The summed E-state index contributed by atoms with van der Waals surface area (Å²) in [5.74, 6) is -0.616. The van der Waals surface area contributed by atoms with Gasteiger partial charge in [0, 0.05) is 38.5 Å². The molecule has 0 N–H and O–H groups in total. The van der Waals surface area contributed by atoms with Gasteiger partial charge in [0.15, 0.2) is 0 Å². The van der Waals surface area contributed by atoms with Crippen molar-refractivity contribution >= 4 is 71.2 Å². The Hall–Kier alpha value is -6.31. The molecular formula is C43H27N3O. The normalized spacial score (nSPS) is 16.5. The van der Waals surface area contributed by atoms with Gasteiger partial charge in [-0.1, -0.05) is 103 Å². The highest BCUT2D eigenvalue weighted by Gasteiger charge is 2.32. The maximum Gasteiger partial charge on any atom is 0.137 e. The SMILES string of the molecule is N#CC1C(n2c3ccccc3c3ccc4oc5ccccc5c4c32)=CC=CC1c1ccccc1-n1c2ccccc2c2ccccc21. The second-order valence-corrected chi connectivity index (χ2v) is 12.3. The largest absolute Gasteiger partial charge is 0.456 e. The molecule has 220 valence electrons. The highest BCUT2D eigenvalue weighted by molar-refractivity contribution is 6.25. The molecule has 0 aliphatic heterocycles. The van der Waals surface area contributed by atoms with Crippen LogP contribution in [0.25, 0.3) is 76.9 Å². The van der Waals surface area contributed by atoms with Gasteiger partial charge in [-0.25, -0.2) is 0 Å². The molecule has 0 fully saturated rings. The summed E-state index contributed by atoms with van der Waals surface area (Å²) in [6, 6.07) is 49.5. The predicted molar refractivity (Wildman–Crippen MR) is 193 cm³/mol. The van der Waals surface area contributed by atoms with E-state index in [4.69, 9.17) is 4.42 Å². The van der Waals surface area contributed by atoms with Crippen molar-refractivity contribution < 1.29 is 4.42 Å². The van der Waals surface area contributed by atoms with Gasteiger partial charge in [-0.3, -0.25) is 0 Å². The number of allylic oxidation sites excluding steroid dienone is 4. The third-order valence-corrected chi connectivity index (χ3v) is 9.95. The minimum Gasteiger partial charge on any atom is -0.456 e. The lowest BCUT2D eigenvalue weighted by atomic mass is 9.80. The molecule has 0 amide bonds. The maximum absolute atomic E-state index is 11.1. The van der Waals surface area contributed by atoms with Gasteiger partial charge in [0.1, 0.15) is 11.2 Å². The van der Waals surface area contributed by atoms with E-state index < -0.39 is 5.92 Å². The molecule has 10 rings (SSSR count). The van der Waals surface area contributed by atoms with Crippen LogP contribution in [0.3, 0.4) is 0 Å². The van der Waals surface area contributed by atoms with Gasteiger partial charge in [-0.05, 0) is 54.1 Å². The number of benzene rings is 6. The van der Waals surface area contributed by atoms with Crippen LogP contribution in [0.2, 0.25) is 0 Å². The lowest BCUT2D eigenvalue weighted by Gasteiger charge is -2.28. The van der Waals surface area contributed by atoms with Gasteiger partial charge in [-0.2, -0.15) is 5.26 Å². The number of rotatable bonds is 3. The summed E-state index contributed by atoms with van der Waals surface area (Å²) < 4.78 is 11.0. The van der Waals surface area contributed by atoms with Gasteiger partial charge >= 0.3 is 0 Å². The van der Waals surface area contributed by atoms with Crippen LogP contribution in [-0.2, 0) is 0 Å². The molecule has 0 radical (unpaired) electrons. The third-order valence-electron chi connectivity index (χ3n) is 9.95. The number of hydrogen-bond acceptors (Lipinski definition) is 2. The fourth-order valence-corrected chi connectivity index (χ4v) is 8.00. The molecule has 2 atom stereocenters. The summed E-state index contributed by atoms with van der Waals surface area (Å²) in [4.78, 5) is 0. The molecule has 0 saturated heterocycles. The fraction of sp³-hybridized carbons (Fsp3) is 0.0465. The van der Waals surface area contributed by atoms with Gasteiger partial charge in [-0.15, -0.1) is 0 Å². The minimum atomic E-state index is -0.443. The van der Waals surface area contributed by atoms with Crippen molar-refractivity contribution in [3.63, 3.8) is 0 Å². The zero-order valence-electron chi connectivity index (χ0n) is 25.3. The number of aromatic nitrogens is 2. The van der Waals surface area contributed by atoms with Crippen molar-refractivity contribution in [3.8, 4) is 11.8 Å². The summed E-state index contributed by atoms with van der Waals surface area (Å²) in [6.07, 6.45) is 6.45. The second kappa shape index (κ2) is 9.84. The molecule has 3 heterocycles. The van der Waals surface area contributed by atoms with Crippen molar-refractivity contribution in [3.05, 3.63) is 157 Å². The van der Waals surface area contributed by atoms with Crippen LogP contribution in [0.4, 0.5) is 0 Å². The molecule has 1 aliphatic rings. The fourth-order valence-electron chi connectivity index (χ4n) is 8.00. The molecular weight excluding hydrogens is 574 g/mol. The Morgan fingerprint density at radius 1 is 0.553 bits per heavy atom. The van der Waals surface area contributed by atoms with E-state index in [9.17, 15) is 5.26 Å². The van der Waals surface area contributed by atoms with Crippen molar-refractivity contribution in [2.75, 3.05) is 0 Å². The molecule has 0 saturated carbocycles. The van der Waals surface area contributed by atoms with Crippen LogP contribution >= 0.6 is 0 Å². The number of nitrogens with zero attached hydrogens (tertiary/aromatic N) is 3. The van der Waals surface area contributed by atoms with E-state index in [1.807, 2.05) is 12.1 Å². The average Bonchev–Trinajstić information content (AvgIpc) is 3.79. The van der Waals surface area contributed by atoms with Crippen LogP contribution < -0.4 is 0 Å². The van der Waals surface area contributed by atoms with E-state index in [1.54, 1.807) is 0 Å². The summed E-state index contributed by atoms with van der Waals surface area (Å²) in [5.41, 5.74) is 9.33. The number of fused-ring (bicyclic) bond motifs is 10.